The lowest BCUT2D eigenvalue weighted by molar-refractivity contribution is -0.143. The van der Waals surface area contributed by atoms with E-state index < -0.39 is 12.1 Å². The van der Waals surface area contributed by atoms with Gasteiger partial charge in [-0.25, -0.2) is 0 Å². The van der Waals surface area contributed by atoms with Gasteiger partial charge in [-0.1, -0.05) is 87.4 Å². The van der Waals surface area contributed by atoms with E-state index in [0.29, 0.717) is 24.1 Å². The van der Waals surface area contributed by atoms with Crippen LogP contribution < -0.4 is 16.0 Å². The van der Waals surface area contributed by atoms with Gasteiger partial charge in [0, 0.05) is 19.6 Å². The third-order valence-corrected chi connectivity index (χ3v) is 12.6. The molecule has 2 saturated heterocycles. The van der Waals surface area contributed by atoms with Crippen molar-refractivity contribution in [3.63, 3.8) is 0 Å². The Hall–Kier alpha value is -2.50. The van der Waals surface area contributed by atoms with E-state index in [0.717, 1.165) is 69.3 Å². The predicted molar refractivity (Wildman–Crippen MR) is 201 cm³/mol. The van der Waals surface area contributed by atoms with Crippen molar-refractivity contribution in [2.75, 3.05) is 26.0 Å². The number of likely N-dealkylation sites (N-methyl/N-ethyl adjacent to an activating group) is 1. The second kappa shape index (κ2) is 16.2. The number of hydrogen-bond acceptors (Lipinski definition) is 7. The molecule has 0 bridgehead atoms. The molecule has 2 aliphatic heterocycles. The zero-order chi connectivity index (χ0) is 34.5. The molecule has 0 aromatic heterocycles. The van der Waals surface area contributed by atoms with Gasteiger partial charge in [-0.05, 0) is 85.9 Å². The van der Waals surface area contributed by atoms with E-state index in [9.17, 15) is 9.59 Å². The van der Waals surface area contributed by atoms with Gasteiger partial charge in [0.25, 0.3) is 0 Å². The number of carbonyl (C=O) groups is 2. The average Bonchev–Trinajstić information content (AvgIpc) is 3.71. The molecular formula is C39H54N4O4S2. The van der Waals surface area contributed by atoms with Crippen LogP contribution in [-0.2, 0) is 38.3 Å². The van der Waals surface area contributed by atoms with Gasteiger partial charge < -0.3 is 30.3 Å². The highest BCUT2D eigenvalue weighted by Gasteiger charge is 2.55. The van der Waals surface area contributed by atoms with Crippen molar-refractivity contribution in [3.8, 4) is 0 Å². The number of benzene rings is 2. The smallest absolute Gasteiger partial charge is 0.246 e. The molecule has 0 saturated carbocycles. The van der Waals surface area contributed by atoms with E-state index in [1.807, 2.05) is 24.9 Å². The van der Waals surface area contributed by atoms with Crippen LogP contribution in [0.5, 0.6) is 0 Å². The molecule has 2 heterocycles. The van der Waals surface area contributed by atoms with Crippen LogP contribution in [0.25, 0.3) is 0 Å². The fraction of sp³-hybridized carbons (Fsp3) is 0.615. The van der Waals surface area contributed by atoms with Crippen molar-refractivity contribution in [3.05, 3.63) is 70.8 Å². The molecule has 266 valence electrons. The van der Waals surface area contributed by atoms with Crippen molar-refractivity contribution in [2.24, 2.45) is 5.41 Å². The van der Waals surface area contributed by atoms with E-state index in [2.05, 4.69) is 72.3 Å². The normalized spacial score (nSPS) is 26.5. The minimum Gasteiger partial charge on any atom is -0.378 e. The number of thioether (sulfide) groups is 1. The molecule has 2 fully saturated rings. The van der Waals surface area contributed by atoms with E-state index in [1.165, 1.54) is 16.7 Å². The number of hydrogen-bond donors (Lipinski definition) is 3. The van der Waals surface area contributed by atoms with Crippen LogP contribution in [0, 0.1) is 5.41 Å². The summed E-state index contributed by atoms with van der Waals surface area (Å²) in [7, 11) is 1.86. The van der Waals surface area contributed by atoms with E-state index in [4.69, 9.17) is 21.7 Å². The number of carbonyl (C=O) groups excluding carboxylic acids is 2. The highest BCUT2D eigenvalue weighted by atomic mass is 32.2. The Morgan fingerprint density at radius 3 is 2.31 bits per heavy atom. The Labute approximate surface area is 302 Å². The molecule has 3 N–H and O–H groups in total. The van der Waals surface area contributed by atoms with Crippen molar-refractivity contribution in [1.82, 2.24) is 20.9 Å². The Morgan fingerprint density at radius 1 is 0.959 bits per heavy atom. The lowest BCUT2D eigenvalue weighted by Gasteiger charge is -2.35. The van der Waals surface area contributed by atoms with Gasteiger partial charge in [0.2, 0.25) is 11.8 Å². The van der Waals surface area contributed by atoms with E-state index in [1.54, 1.807) is 11.8 Å². The first-order valence-electron chi connectivity index (χ1n) is 18.3. The maximum atomic E-state index is 14.4. The van der Waals surface area contributed by atoms with Gasteiger partial charge >= 0.3 is 0 Å². The first-order valence-corrected chi connectivity index (χ1v) is 19.7. The summed E-state index contributed by atoms with van der Waals surface area (Å²) in [5, 5.41) is 9.83. The number of rotatable bonds is 14. The summed E-state index contributed by atoms with van der Waals surface area (Å²) >= 11 is 7.37. The molecule has 2 aromatic rings. The standard InChI is InChI=1S/C39H54N4O4S2/c1-25(40-4)37(48)41-31-17-20-49-33-24-39(2,3)35(43(33)38(31)45)36(44)42-34-30-16-10-9-15-28(30)23-32(34)47-19-12-6-5-11-18-46-29-21-26-13-7-8-14-27(26)22-29/h7-10,13-16,25,29,31-35,40H,5-6,11-12,17-24H2,1-4H3,(H,41,48)(H,42,44)/t25-,31-,32+,33-,34-,35+/m0/s1. The number of amides is 2. The van der Waals surface area contributed by atoms with Crippen molar-refractivity contribution in [2.45, 2.75) is 120 Å². The molecule has 2 amide bonds. The van der Waals surface area contributed by atoms with Crippen molar-refractivity contribution >= 4 is 40.8 Å². The summed E-state index contributed by atoms with van der Waals surface area (Å²) in [6, 6.07) is 15.7. The van der Waals surface area contributed by atoms with Gasteiger partial charge in [0.15, 0.2) is 0 Å². The summed E-state index contributed by atoms with van der Waals surface area (Å²) < 4.78 is 12.7. The summed E-state index contributed by atoms with van der Waals surface area (Å²) in [5.74, 6) is 0.693. The minimum atomic E-state index is -0.579. The molecule has 49 heavy (non-hydrogen) atoms. The highest BCUT2D eigenvalue weighted by molar-refractivity contribution is 7.99. The number of nitrogens with one attached hydrogen (secondary N) is 3. The lowest BCUT2D eigenvalue weighted by Crippen LogP contribution is -2.58. The van der Waals surface area contributed by atoms with Crippen LogP contribution >= 0.6 is 24.0 Å². The van der Waals surface area contributed by atoms with Crippen LogP contribution in [0.4, 0.5) is 0 Å². The molecule has 6 atom stereocenters. The maximum absolute atomic E-state index is 14.4. The minimum absolute atomic E-state index is 0.0373. The zero-order valence-corrected chi connectivity index (χ0v) is 31.2. The number of ether oxygens (including phenoxy) is 2. The van der Waals surface area contributed by atoms with Crippen molar-refractivity contribution in [1.29, 1.82) is 0 Å². The quantitative estimate of drug-likeness (QED) is 0.175. The largest absolute Gasteiger partial charge is 0.378 e. The highest BCUT2D eigenvalue weighted by Crippen LogP contribution is 2.47. The first-order chi connectivity index (χ1) is 23.7. The second-order valence-electron chi connectivity index (χ2n) is 14.9. The van der Waals surface area contributed by atoms with Gasteiger partial charge in [0.1, 0.15) is 12.1 Å². The fourth-order valence-corrected chi connectivity index (χ4v) is 9.91. The Morgan fingerprint density at radius 2 is 1.61 bits per heavy atom. The monoisotopic (exact) mass is 706 g/mol. The second-order valence-corrected chi connectivity index (χ2v) is 16.6. The molecule has 2 aromatic carbocycles. The van der Waals surface area contributed by atoms with Gasteiger partial charge in [-0.3, -0.25) is 9.59 Å². The Bertz CT molecular complexity index is 1460. The molecular weight excluding hydrogens is 653 g/mol. The Balaban J connectivity index is 1.02. The van der Waals surface area contributed by atoms with Gasteiger partial charge in [-0.15, -0.1) is 11.8 Å². The third-order valence-electron chi connectivity index (χ3n) is 10.9. The van der Waals surface area contributed by atoms with Crippen LogP contribution in [0.3, 0.4) is 0 Å². The van der Waals surface area contributed by atoms with Crippen molar-refractivity contribution < 1.29 is 19.1 Å². The fourth-order valence-electron chi connectivity index (χ4n) is 8.07. The maximum Gasteiger partial charge on any atom is 0.246 e. The summed E-state index contributed by atoms with van der Waals surface area (Å²) in [5.41, 5.74) is 4.81. The lowest BCUT2D eigenvalue weighted by atomic mass is 9.83. The molecule has 2 aliphatic carbocycles. The van der Waals surface area contributed by atoms with Gasteiger partial charge in [0.05, 0.1) is 34.7 Å². The molecule has 0 spiro atoms. The van der Waals surface area contributed by atoms with Crippen LogP contribution in [0.1, 0.15) is 87.6 Å². The van der Waals surface area contributed by atoms with Crippen LogP contribution in [0.15, 0.2) is 48.5 Å². The molecule has 4 aliphatic rings. The summed E-state index contributed by atoms with van der Waals surface area (Å²) in [6.45, 7) is 7.67. The van der Waals surface area contributed by atoms with E-state index in [-0.39, 0.29) is 40.8 Å². The summed E-state index contributed by atoms with van der Waals surface area (Å²) in [6.07, 6.45) is 8.68. The number of fused-ring (bicyclic) bond motifs is 3. The molecule has 8 nitrogen and oxygen atoms in total. The first kappa shape index (κ1) is 36.3. The predicted octanol–water partition coefficient (Wildman–Crippen LogP) is 5.51. The molecule has 6 rings (SSSR count). The SMILES string of the molecule is CN[C@@H](C)C(=S)N[C@H]1CCS[C@H]2CC(C)(C)[C@@H](C(=O)N[C@H]3c4ccccc4C[C@H]3OCCCCCCOC3Cc4ccccc4C3)N2C1=O. The molecule has 0 radical (unpaired) electrons. The third kappa shape index (κ3) is 8.36. The topological polar surface area (TPSA) is 91.9 Å². The number of thiocarbonyl (C=S) groups is 1. The Kier molecular flexibility index (Phi) is 12.0. The molecule has 0 unspecified atom stereocenters. The molecule has 10 heteroatoms. The average molecular weight is 707 g/mol. The van der Waals surface area contributed by atoms with E-state index >= 15 is 0 Å². The van der Waals surface area contributed by atoms with Crippen LogP contribution in [0.2, 0.25) is 0 Å². The number of nitrogens with zero attached hydrogens (tertiary/aromatic N) is 1. The van der Waals surface area contributed by atoms with Crippen LogP contribution in [-0.4, -0.2) is 83.4 Å². The summed E-state index contributed by atoms with van der Waals surface area (Å²) in [4.78, 5) is 31.0. The zero-order valence-electron chi connectivity index (χ0n) is 29.5. The number of unbranched alkanes of at least 4 members (excludes halogenated alkanes) is 3. The van der Waals surface area contributed by atoms with Gasteiger partial charge in [-0.2, -0.15) is 0 Å².